The van der Waals surface area contributed by atoms with E-state index in [1.54, 1.807) is 30.3 Å². The van der Waals surface area contributed by atoms with Crippen LogP contribution >= 0.6 is 0 Å². The summed E-state index contributed by atoms with van der Waals surface area (Å²) >= 11 is 0. The summed E-state index contributed by atoms with van der Waals surface area (Å²) in [6.45, 7) is 2.46. The van der Waals surface area contributed by atoms with Gasteiger partial charge in [0.05, 0.1) is 12.2 Å². The molecule has 0 fully saturated rings. The van der Waals surface area contributed by atoms with E-state index < -0.39 is 17.6 Å². The van der Waals surface area contributed by atoms with E-state index in [4.69, 9.17) is 4.74 Å². The first-order chi connectivity index (χ1) is 11.4. The molecule has 6 heteroatoms. The molecule has 0 atom stereocenters. The van der Waals surface area contributed by atoms with E-state index in [1.165, 1.54) is 18.2 Å². The minimum absolute atomic E-state index is 0.296. The number of nitrogens with one attached hydrogen (secondary N) is 1. The molecule has 2 aromatic rings. The Balaban J connectivity index is 1.95. The van der Waals surface area contributed by atoms with Crippen LogP contribution in [0.3, 0.4) is 0 Å². The van der Waals surface area contributed by atoms with Crippen molar-refractivity contribution < 1.29 is 22.7 Å². The van der Waals surface area contributed by atoms with Crippen LogP contribution in [0.4, 0.5) is 18.9 Å². The summed E-state index contributed by atoms with van der Waals surface area (Å²) < 4.78 is 42.7. The predicted octanol–water partition coefficient (Wildman–Crippen LogP) is 4.76. The topological polar surface area (TPSA) is 38.3 Å². The van der Waals surface area contributed by atoms with Crippen molar-refractivity contribution in [1.29, 1.82) is 0 Å². The van der Waals surface area contributed by atoms with Crippen LogP contribution in [0.5, 0.6) is 5.75 Å². The van der Waals surface area contributed by atoms with Crippen LogP contribution in [-0.4, -0.2) is 12.5 Å². The molecule has 0 aliphatic carbocycles. The Labute approximate surface area is 137 Å². The Morgan fingerprint density at radius 2 is 1.71 bits per heavy atom. The van der Waals surface area contributed by atoms with Crippen molar-refractivity contribution in [1.82, 2.24) is 0 Å². The molecule has 2 rings (SSSR count). The predicted molar refractivity (Wildman–Crippen MR) is 86.7 cm³/mol. The molecule has 1 amide bonds. The van der Waals surface area contributed by atoms with Gasteiger partial charge in [0, 0.05) is 11.8 Å². The van der Waals surface area contributed by atoms with Crippen LogP contribution in [-0.2, 0) is 11.0 Å². The van der Waals surface area contributed by atoms with Crippen LogP contribution in [0, 0.1) is 0 Å². The van der Waals surface area contributed by atoms with Gasteiger partial charge in [-0.1, -0.05) is 12.1 Å². The summed E-state index contributed by atoms with van der Waals surface area (Å²) in [4.78, 5) is 11.8. The molecule has 3 nitrogen and oxygen atoms in total. The Morgan fingerprint density at radius 1 is 1.08 bits per heavy atom. The quantitative estimate of drug-likeness (QED) is 0.800. The van der Waals surface area contributed by atoms with Gasteiger partial charge < -0.3 is 10.1 Å². The van der Waals surface area contributed by atoms with E-state index in [0.717, 1.165) is 23.4 Å². The van der Waals surface area contributed by atoms with Gasteiger partial charge in [-0.05, 0) is 55.0 Å². The van der Waals surface area contributed by atoms with Gasteiger partial charge in [-0.2, -0.15) is 13.2 Å². The number of halogens is 3. The number of rotatable bonds is 5. The highest BCUT2D eigenvalue weighted by Crippen LogP contribution is 2.29. The normalized spacial score (nSPS) is 11.5. The van der Waals surface area contributed by atoms with E-state index in [1.807, 2.05) is 6.92 Å². The smallest absolute Gasteiger partial charge is 0.416 e. The van der Waals surface area contributed by atoms with Crippen molar-refractivity contribution >= 4 is 17.7 Å². The number of anilines is 1. The Morgan fingerprint density at radius 3 is 2.25 bits per heavy atom. The van der Waals surface area contributed by atoms with Gasteiger partial charge >= 0.3 is 6.18 Å². The average molecular weight is 335 g/mol. The van der Waals surface area contributed by atoms with Crippen molar-refractivity contribution in [3.05, 3.63) is 65.7 Å². The maximum atomic E-state index is 12.5. The number of hydrogen-bond donors (Lipinski definition) is 1. The van der Waals surface area contributed by atoms with Gasteiger partial charge in [0.25, 0.3) is 0 Å². The molecule has 0 heterocycles. The van der Waals surface area contributed by atoms with E-state index >= 15 is 0 Å². The highest BCUT2D eigenvalue weighted by atomic mass is 19.4. The average Bonchev–Trinajstić information content (AvgIpc) is 2.54. The molecule has 24 heavy (non-hydrogen) atoms. The van der Waals surface area contributed by atoms with Crippen LogP contribution in [0.2, 0.25) is 0 Å². The van der Waals surface area contributed by atoms with E-state index in [0.29, 0.717) is 12.3 Å². The van der Waals surface area contributed by atoms with Crippen molar-refractivity contribution in [2.24, 2.45) is 0 Å². The van der Waals surface area contributed by atoms with Gasteiger partial charge in [0.1, 0.15) is 5.75 Å². The monoisotopic (exact) mass is 335 g/mol. The molecule has 0 spiro atoms. The van der Waals surface area contributed by atoms with E-state index in [-0.39, 0.29) is 0 Å². The molecule has 1 N–H and O–H groups in total. The van der Waals surface area contributed by atoms with E-state index in [2.05, 4.69) is 5.32 Å². The number of hydrogen-bond acceptors (Lipinski definition) is 2. The number of carbonyl (C=O) groups is 1. The van der Waals surface area contributed by atoms with Crippen LogP contribution in [0.1, 0.15) is 18.1 Å². The minimum Gasteiger partial charge on any atom is -0.494 e. The zero-order chi connectivity index (χ0) is 17.6. The van der Waals surface area contributed by atoms with Crippen LogP contribution < -0.4 is 10.1 Å². The lowest BCUT2D eigenvalue weighted by Gasteiger charge is -2.07. The standard InChI is InChI=1S/C18H16F3NO2/c1-2-24-16-10-3-13(4-11-16)5-12-17(23)22-15-8-6-14(7-9-15)18(19,20)21/h3-12H,2H2,1H3,(H,22,23)/b12-5+. The molecule has 126 valence electrons. The summed E-state index contributed by atoms with van der Waals surface area (Å²) in [6, 6.07) is 11.4. The second-order valence-corrected chi connectivity index (χ2v) is 4.90. The number of carbonyl (C=O) groups excluding carboxylic acids is 1. The molecule has 0 aromatic heterocycles. The Hall–Kier alpha value is -2.76. The first kappa shape index (κ1) is 17.6. The SMILES string of the molecule is CCOc1ccc(/C=C/C(=O)Nc2ccc(C(F)(F)F)cc2)cc1. The van der Waals surface area contributed by atoms with Gasteiger partial charge in [-0.3, -0.25) is 4.79 Å². The molecule has 0 unspecified atom stereocenters. The maximum Gasteiger partial charge on any atom is 0.416 e. The summed E-state index contributed by atoms with van der Waals surface area (Å²) in [5.74, 6) is 0.312. The lowest BCUT2D eigenvalue weighted by atomic mass is 10.2. The van der Waals surface area contributed by atoms with Crippen molar-refractivity contribution in [3.8, 4) is 5.75 Å². The van der Waals surface area contributed by atoms with Gasteiger partial charge in [0.15, 0.2) is 0 Å². The number of alkyl halides is 3. The highest BCUT2D eigenvalue weighted by molar-refractivity contribution is 6.01. The van der Waals surface area contributed by atoms with Gasteiger partial charge in [-0.15, -0.1) is 0 Å². The molecule has 0 radical (unpaired) electrons. The molecular weight excluding hydrogens is 319 g/mol. The van der Waals surface area contributed by atoms with Crippen molar-refractivity contribution in [3.63, 3.8) is 0 Å². The molecule has 2 aromatic carbocycles. The second-order valence-electron chi connectivity index (χ2n) is 4.90. The Kier molecular flexibility index (Phi) is 5.63. The number of ether oxygens (including phenoxy) is 1. The van der Waals surface area contributed by atoms with Crippen molar-refractivity contribution in [2.45, 2.75) is 13.1 Å². The minimum atomic E-state index is -4.39. The lowest BCUT2D eigenvalue weighted by molar-refractivity contribution is -0.137. The molecule has 0 bridgehead atoms. The number of benzene rings is 2. The van der Waals surface area contributed by atoms with Crippen molar-refractivity contribution in [2.75, 3.05) is 11.9 Å². The summed E-state index contributed by atoms with van der Waals surface area (Å²) in [5.41, 5.74) is 0.343. The fourth-order valence-electron chi connectivity index (χ4n) is 1.94. The molecular formula is C18H16F3NO2. The fraction of sp³-hybridized carbons (Fsp3) is 0.167. The summed E-state index contributed by atoms with van der Waals surface area (Å²) in [5, 5.41) is 2.50. The molecule has 0 saturated carbocycles. The van der Waals surface area contributed by atoms with E-state index in [9.17, 15) is 18.0 Å². The van der Waals surface area contributed by atoms with Crippen LogP contribution in [0.25, 0.3) is 6.08 Å². The highest BCUT2D eigenvalue weighted by Gasteiger charge is 2.29. The molecule has 0 saturated heterocycles. The first-order valence-corrected chi connectivity index (χ1v) is 7.27. The maximum absolute atomic E-state index is 12.5. The summed E-state index contributed by atoms with van der Waals surface area (Å²) in [7, 11) is 0. The summed E-state index contributed by atoms with van der Waals surface area (Å²) in [6.07, 6.45) is -1.47. The van der Waals surface area contributed by atoms with Crippen LogP contribution in [0.15, 0.2) is 54.6 Å². The largest absolute Gasteiger partial charge is 0.494 e. The third kappa shape index (κ3) is 5.15. The zero-order valence-corrected chi connectivity index (χ0v) is 12.9. The third-order valence-corrected chi connectivity index (χ3v) is 3.10. The van der Waals surface area contributed by atoms with Gasteiger partial charge in [0.2, 0.25) is 5.91 Å². The lowest BCUT2D eigenvalue weighted by Crippen LogP contribution is -2.09. The van der Waals surface area contributed by atoms with Gasteiger partial charge in [-0.25, -0.2) is 0 Å². The zero-order valence-electron chi connectivity index (χ0n) is 12.9. The second kappa shape index (κ2) is 7.68. The third-order valence-electron chi connectivity index (χ3n) is 3.10. The Bertz CT molecular complexity index is 705. The molecule has 0 aliphatic rings. The first-order valence-electron chi connectivity index (χ1n) is 7.27. The fourth-order valence-corrected chi connectivity index (χ4v) is 1.94. The molecule has 0 aliphatic heterocycles. The number of amides is 1.